The first-order valence-corrected chi connectivity index (χ1v) is 7.67. The van der Waals surface area contributed by atoms with E-state index in [0.29, 0.717) is 21.2 Å². The molecule has 1 atom stereocenters. The van der Waals surface area contributed by atoms with E-state index in [1.54, 1.807) is 6.07 Å². The Bertz CT molecular complexity index is 417. The molecule has 0 spiro atoms. The Morgan fingerprint density at radius 2 is 2.00 bits per heavy atom. The molecule has 0 radical (unpaired) electrons. The molecule has 3 N–H and O–H groups in total. The molecule has 4 heteroatoms. The molecule has 0 saturated heterocycles. The summed E-state index contributed by atoms with van der Waals surface area (Å²) in [4.78, 5) is 0. The second kappa shape index (κ2) is 6.08. The summed E-state index contributed by atoms with van der Waals surface area (Å²) in [5, 5.41) is 3.38. The first-order valence-electron chi connectivity index (χ1n) is 6.59. The molecule has 0 aromatic heterocycles. The maximum atomic E-state index is 13.5. The lowest BCUT2D eigenvalue weighted by Gasteiger charge is -2.29. The standard InChI is InChI=1S/C14H20FIN2/c1-9(10-5-3-2-4-6-10)18-14-7-11(15)12(16)8-13(14)17/h7-10,18H,2-6,17H2,1H3. The Labute approximate surface area is 122 Å². The van der Waals surface area contributed by atoms with E-state index in [1.165, 1.54) is 38.2 Å². The van der Waals surface area contributed by atoms with Crippen molar-refractivity contribution in [3.63, 3.8) is 0 Å². The third-order valence-corrected chi connectivity index (χ3v) is 4.66. The molecule has 1 aromatic carbocycles. The minimum absolute atomic E-state index is 0.205. The average Bonchev–Trinajstić information content (AvgIpc) is 2.37. The molecule has 1 unspecified atom stereocenters. The number of rotatable bonds is 3. The van der Waals surface area contributed by atoms with Gasteiger partial charge in [0.1, 0.15) is 5.82 Å². The van der Waals surface area contributed by atoms with Crippen LogP contribution in [-0.4, -0.2) is 6.04 Å². The van der Waals surface area contributed by atoms with Crippen LogP contribution in [0.4, 0.5) is 15.8 Å². The summed E-state index contributed by atoms with van der Waals surface area (Å²) in [6.45, 7) is 2.17. The van der Waals surface area contributed by atoms with Crippen LogP contribution >= 0.6 is 22.6 Å². The van der Waals surface area contributed by atoms with Crippen molar-refractivity contribution >= 4 is 34.0 Å². The summed E-state index contributed by atoms with van der Waals surface area (Å²) in [7, 11) is 0. The highest BCUT2D eigenvalue weighted by Crippen LogP contribution is 2.30. The predicted octanol–water partition coefficient (Wildman–Crippen LogP) is 4.39. The smallest absolute Gasteiger partial charge is 0.138 e. The van der Waals surface area contributed by atoms with Gasteiger partial charge in [0, 0.05) is 12.1 Å². The zero-order chi connectivity index (χ0) is 13.1. The summed E-state index contributed by atoms with van der Waals surface area (Å²) in [5.41, 5.74) is 7.29. The lowest BCUT2D eigenvalue weighted by molar-refractivity contribution is 0.328. The van der Waals surface area contributed by atoms with Crippen molar-refractivity contribution in [2.45, 2.75) is 45.1 Å². The molecule has 1 aliphatic carbocycles. The number of nitrogens with one attached hydrogen (secondary N) is 1. The third-order valence-electron chi connectivity index (χ3n) is 3.83. The monoisotopic (exact) mass is 362 g/mol. The van der Waals surface area contributed by atoms with E-state index in [4.69, 9.17) is 5.73 Å². The van der Waals surface area contributed by atoms with Gasteiger partial charge in [0.25, 0.3) is 0 Å². The molecule has 1 aliphatic rings. The van der Waals surface area contributed by atoms with Crippen LogP contribution in [0.25, 0.3) is 0 Å². The van der Waals surface area contributed by atoms with Gasteiger partial charge in [-0.3, -0.25) is 0 Å². The topological polar surface area (TPSA) is 38.0 Å². The first-order chi connectivity index (χ1) is 8.58. The highest BCUT2D eigenvalue weighted by atomic mass is 127. The normalized spacial score (nSPS) is 18.6. The van der Waals surface area contributed by atoms with Gasteiger partial charge in [-0.25, -0.2) is 4.39 Å². The molecule has 1 aromatic rings. The number of benzene rings is 1. The average molecular weight is 362 g/mol. The van der Waals surface area contributed by atoms with E-state index < -0.39 is 0 Å². The van der Waals surface area contributed by atoms with E-state index in [9.17, 15) is 4.39 Å². The van der Waals surface area contributed by atoms with Crippen LogP contribution in [0.5, 0.6) is 0 Å². The quantitative estimate of drug-likeness (QED) is 0.618. The molecular formula is C14H20FIN2. The molecule has 0 heterocycles. The third kappa shape index (κ3) is 3.28. The second-order valence-corrected chi connectivity index (χ2v) is 6.35. The lowest BCUT2D eigenvalue weighted by atomic mass is 9.84. The number of hydrogen-bond acceptors (Lipinski definition) is 2. The number of anilines is 2. The van der Waals surface area contributed by atoms with Gasteiger partial charge < -0.3 is 11.1 Å². The maximum Gasteiger partial charge on any atom is 0.138 e. The van der Waals surface area contributed by atoms with Crippen LogP contribution in [0.1, 0.15) is 39.0 Å². The van der Waals surface area contributed by atoms with Gasteiger partial charge in [-0.15, -0.1) is 0 Å². The second-order valence-electron chi connectivity index (χ2n) is 5.18. The van der Waals surface area contributed by atoms with E-state index in [-0.39, 0.29) is 5.82 Å². The molecule has 0 amide bonds. The van der Waals surface area contributed by atoms with Crippen molar-refractivity contribution in [3.8, 4) is 0 Å². The molecular weight excluding hydrogens is 342 g/mol. The number of nitrogen functional groups attached to an aromatic ring is 1. The largest absolute Gasteiger partial charge is 0.397 e. The van der Waals surface area contributed by atoms with Crippen molar-refractivity contribution in [1.29, 1.82) is 0 Å². The van der Waals surface area contributed by atoms with Gasteiger partial charge in [-0.1, -0.05) is 19.3 Å². The van der Waals surface area contributed by atoms with Crippen LogP contribution in [0.3, 0.4) is 0 Å². The Kier molecular flexibility index (Phi) is 4.70. The zero-order valence-corrected chi connectivity index (χ0v) is 12.8. The molecule has 0 aliphatic heterocycles. The highest BCUT2D eigenvalue weighted by Gasteiger charge is 2.20. The summed E-state index contributed by atoms with van der Waals surface area (Å²) in [6.07, 6.45) is 6.51. The number of halogens is 2. The van der Waals surface area contributed by atoms with Crippen molar-refractivity contribution in [2.75, 3.05) is 11.1 Å². The van der Waals surface area contributed by atoms with E-state index in [0.717, 1.165) is 5.69 Å². The van der Waals surface area contributed by atoms with Gasteiger partial charge in [0.15, 0.2) is 0 Å². The van der Waals surface area contributed by atoms with Gasteiger partial charge >= 0.3 is 0 Å². The van der Waals surface area contributed by atoms with Crippen molar-refractivity contribution < 1.29 is 4.39 Å². The van der Waals surface area contributed by atoms with Gasteiger partial charge in [-0.2, -0.15) is 0 Å². The van der Waals surface area contributed by atoms with Crippen LogP contribution < -0.4 is 11.1 Å². The summed E-state index contributed by atoms with van der Waals surface area (Å²) < 4.78 is 14.1. The molecule has 2 nitrogen and oxygen atoms in total. The van der Waals surface area contributed by atoms with Gasteiger partial charge in [0.05, 0.1) is 14.9 Å². The zero-order valence-electron chi connectivity index (χ0n) is 10.7. The first kappa shape index (κ1) is 13.9. The molecule has 1 saturated carbocycles. The van der Waals surface area contributed by atoms with E-state index in [2.05, 4.69) is 12.2 Å². The minimum Gasteiger partial charge on any atom is -0.397 e. The number of hydrogen-bond donors (Lipinski definition) is 2. The maximum absolute atomic E-state index is 13.5. The fraction of sp³-hybridized carbons (Fsp3) is 0.571. The van der Waals surface area contributed by atoms with E-state index in [1.807, 2.05) is 22.6 Å². The van der Waals surface area contributed by atoms with Gasteiger partial charge in [-0.05, 0) is 54.3 Å². The minimum atomic E-state index is -0.205. The molecule has 0 bridgehead atoms. The van der Waals surface area contributed by atoms with Crippen molar-refractivity contribution in [2.24, 2.45) is 5.92 Å². The van der Waals surface area contributed by atoms with Crippen molar-refractivity contribution in [3.05, 3.63) is 21.5 Å². The van der Waals surface area contributed by atoms with Crippen molar-refractivity contribution in [1.82, 2.24) is 0 Å². The molecule has 100 valence electrons. The summed E-state index contributed by atoms with van der Waals surface area (Å²) >= 11 is 1.96. The highest BCUT2D eigenvalue weighted by molar-refractivity contribution is 14.1. The number of nitrogens with two attached hydrogens (primary N) is 1. The fourth-order valence-corrected chi connectivity index (χ4v) is 3.18. The SMILES string of the molecule is CC(Nc1cc(F)c(I)cc1N)C1CCCCC1. The lowest BCUT2D eigenvalue weighted by Crippen LogP contribution is -2.28. The van der Waals surface area contributed by atoms with Crippen LogP contribution in [0.2, 0.25) is 0 Å². The summed E-state index contributed by atoms with van der Waals surface area (Å²) in [6, 6.07) is 3.55. The Balaban J connectivity index is 2.06. The van der Waals surface area contributed by atoms with Crippen LogP contribution in [-0.2, 0) is 0 Å². The predicted molar refractivity (Wildman–Crippen MR) is 83.2 cm³/mol. The molecule has 2 rings (SSSR count). The Hall–Kier alpha value is -0.520. The summed E-state index contributed by atoms with van der Waals surface area (Å²) in [5.74, 6) is 0.476. The van der Waals surface area contributed by atoms with E-state index >= 15 is 0 Å². The molecule has 18 heavy (non-hydrogen) atoms. The van der Waals surface area contributed by atoms with Gasteiger partial charge in [0.2, 0.25) is 0 Å². The Morgan fingerprint density at radius 1 is 1.33 bits per heavy atom. The van der Waals surface area contributed by atoms with Crippen LogP contribution in [0, 0.1) is 15.3 Å². The fourth-order valence-electron chi connectivity index (χ4n) is 2.68. The molecule has 1 fully saturated rings. The van der Waals surface area contributed by atoms with Crippen LogP contribution in [0.15, 0.2) is 12.1 Å². The Morgan fingerprint density at radius 3 is 2.67 bits per heavy atom.